The number of hydrogen-bond donors (Lipinski definition) is 1. The van der Waals surface area contributed by atoms with Gasteiger partial charge in [0.1, 0.15) is 5.69 Å². The number of imidazole rings is 1. The van der Waals surface area contributed by atoms with Gasteiger partial charge < -0.3 is 9.88 Å². The fourth-order valence-electron chi connectivity index (χ4n) is 0.973. The Morgan fingerprint density at radius 3 is 2.67 bits per heavy atom. The highest BCUT2D eigenvalue weighted by Crippen LogP contribution is 2.16. The molecule has 0 aliphatic heterocycles. The Hall–Kier alpha value is -1.46. The molecule has 0 unspecified atom stereocenters. The topological polar surface area (TPSA) is 46.9 Å². The third-order valence-corrected chi connectivity index (χ3v) is 2.16. The average molecular weight is 217 g/mol. The lowest BCUT2D eigenvalue weighted by Crippen LogP contribution is -2.44. The van der Waals surface area contributed by atoms with Crippen LogP contribution in [0.5, 0.6) is 0 Å². The first-order valence-electron chi connectivity index (χ1n) is 4.47. The lowest BCUT2D eigenvalue weighted by atomic mass is 10.2. The van der Waals surface area contributed by atoms with E-state index in [1.54, 1.807) is 7.05 Å². The van der Waals surface area contributed by atoms with Crippen LogP contribution in [0.15, 0.2) is 12.5 Å². The molecule has 0 spiro atoms. The second kappa shape index (κ2) is 3.96. The van der Waals surface area contributed by atoms with Gasteiger partial charge in [-0.15, -0.1) is 0 Å². The van der Waals surface area contributed by atoms with Crippen molar-refractivity contribution < 1.29 is 13.6 Å². The molecule has 0 aromatic carbocycles. The lowest BCUT2D eigenvalue weighted by Gasteiger charge is -2.20. The van der Waals surface area contributed by atoms with Crippen LogP contribution in [0.25, 0.3) is 0 Å². The zero-order valence-corrected chi connectivity index (χ0v) is 8.79. The van der Waals surface area contributed by atoms with Crippen molar-refractivity contribution in [3.63, 3.8) is 0 Å². The molecule has 0 saturated heterocycles. The van der Waals surface area contributed by atoms with Crippen LogP contribution in [-0.2, 0) is 7.05 Å². The van der Waals surface area contributed by atoms with Crippen molar-refractivity contribution in [2.24, 2.45) is 7.05 Å². The predicted molar refractivity (Wildman–Crippen MR) is 50.8 cm³/mol. The van der Waals surface area contributed by atoms with E-state index in [2.05, 4.69) is 10.3 Å². The van der Waals surface area contributed by atoms with Gasteiger partial charge in [0.05, 0.1) is 18.6 Å². The molecule has 1 atom stereocenters. The summed E-state index contributed by atoms with van der Waals surface area (Å²) >= 11 is 0. The Labute approximate surface area is 86.3 Å². The van der Waals surface area contributed by atoms with Crippen LogP contribution in [-0.4, -0.2) is 27.4 Å². The largest absolute Gasteiger partial charge is 0.342 e. The maximum absolute atomic E-state index is 12.8. The Balaban J connectivity index is 2.69. The number of carbonyl (C=O) groups is 1. The van der Waals surface area contributed by atoms with Crippen molar-refractivity contribution >= 4 is 5.91 Å². The van der Waals surface area contributed by atoms with Crippen LogP contribution < -0.4 is 5.32 Å². The van der Waals surface area contributed by atoms with E-state index in [1.165, 1.54) is 24.0 Å². The fourth-order valence-corrected chi connectivity index (χ4v) is 0.973. The van der Waals surface area contributed by atoms with E-state index in [0.717, 1.165) is 6.92 Å². The molecule has 1 N–H and O–H groups in total. The summed E-state index contributed by atoms with van der Waals surface area (Å²) in [4.78, 5) is 15.2. The first kappa shape index (κ1) is 11.6. The molecule has 1 aromatic rings. The van der Waals surface area contributed by atoms with Crippen molar-refractivity contribution in [2.75, 3.05) is 0 Å². The number of aryl methyl sites for hydroxylation is 1. The summed E-state index contributed by atoms with van der Waals surface area (Å²) in [5.74, 6) is -3.49. The van der Waals surface area contributed by atoms with Gasteiger partial charge in [0.2, 0.25) is 0 Å². The molecule has 0 fully saturated rings. The van der Waals surface area contributed by atoms with Gasteiger partial charge >= 0.3 is 0 Å². The van der Waals surface area contributed by atoms with E-state index in [-0.39, 0.29) is 5.69 Å². The molecule has 84 valence electrons. The van der Waals surface area contributed by atoms with Crippen molar-refractivity contribution in [1.29, 1.82) is 0 Å². The minimum Gasteiger partial charge on any atom is -0.342 e. The molecule has 6 heteroatoms. The number of nitrogens with one attached hydrogen (secondary N) is 1. The number of aromatic nitrogens is 2. The van der Waals surface area contributed by atoms with E-state index in [9.17, 15) is 13.6 Å². The molecule has 1 amide bonds. The molecule has 4 nitrogen and oxygen atoms in total. The van der Waals surface area contributed by atoms with Gasteiger partial charge in [-0.1, -0.05) is 0 Å². The van der Waals surface area contributed by atoms with E-state index in [0.29, 0.717) is 0 Å². The first-order valence-corrected chi connectivity index (χ1v) is 4.47. The summed E-state index contributed by atoms with van der Waals surface area (Å²) in [6, 6.07) is -1.21. The van der Waals surface area contributed by atoms with E-state index < -0.39 is 17.9 Å². The molecule has 0 radical (unpaired) electrons. The maximum atomic E-state index is 12.8. The molecule has 0 saturated carbocycles. The number of alkyl halides is 2. The van der Waals surface area contributed by atoms with Crippen LogP contribution in [0.1, 0.15) is 24.3 Å². The van der Waals surface area contributed by atoms with Crippen LogP contribution in [0.4, 0.5) is 8.78 Å². The van der Waals surface area contributed by atoms with Gasteiger partial charge in [-0.25, -0.2) is 13.8 Å². The second-order valence-corrected chi connectivity index (χ2v) is 3.54. The van der Waals surface area contributed by atoms with Gasteiger partial charge in [-0.05, 0) is 6.92 Å². The summed E-state index contributed by atoms with van der Waals surface area (Å²) in [6.07, 6.45) is 2.76. The number of hydrogen-bond acceptors (Lipinski definition) is 2. The smallest absolute Gasteiger partial charge is 0.269 e. The summed E-state index contributed by atoms with van der Waals surface area (Å²) < 4.78 is 27.0. The molecule has 1 rings (SSSR count). The third kappa shape index (κ3) is 2.74. The zero-order chi connectivity index (χ0) is 11.6. The second-order valence-electron chi connectivity index (χ2n) is 3.54. The SMILES string of the molecule is C[C@@H](NC(=O)c1cncn1C)C(C)(F)F. The van der Waals surface area contributed by atoms with Crippen LogP contribution in [0.2, 0.25) is 0 Å². The van der Waals surface area contributed by atoms with Gasteiger partial charge in [-0.3, -0.25) is 4.79 Å². The first-order chi connectivity index (χ1) is 6.82. The minimum absolute atomic E-state index is 0.256. The molecule has 15 heavy (non-hydrogen) atoms. The minimum atomic E-state index is -2.94. The van der Waals surface area contributed by atoms with Gasteiger partial charge in [-0.2, -0.15) is 0 Å². The highest BCUT2D eigenvalue weighted by Gasteiger charge is 2.31. The van der Waals surface area contributed by atoms with E-state index >= 15 is 0 Å². The zero-order valence-electron chi connectivity index (χ0n) is 8.79. The lowest BCUT2D eigenvalue weighted by molar-refractivity contribution is -0.0109. The van der Waals surface area contributed by atoms with Gasteiger partial charge in [0, 0.05) is 14.0 Å². The average Bonchev–Trinajstić information content (AvgIpc) is 2.49. The highest BCUT2D eigenvalue weighted by atomic mass is 19.3. The third-order valence-electron chi connectivity index (χ3n) is 2.16. The highest BCUT2D eigenvalue weighted by molar-refractivity contribution is 5.92. The summed E-state index contributed by atoms with van der Waals surface area (Å²) in [5.41, 5.74) is 0.256. The van der Waals surface area contributed by atoms with E-state index in [4.69, 9.17) is 0 Å². The number of halogens is 2. The van der Waals surface area contributed by atoms with Crippen LogP contribution >= 0.6 is 0 Å². The summed E-state index contributed by atoms with van der Waals surface area (Å²) in [7, 11) is 1.62. The molecule has 0 bridgehead atoms. The monoisotopic (exact) mass is 217 g/mol. The fraction of sp³-hybridized carbons (Fsp3) is 0.556. The number of nitrogens with zero attached hydrogens (tertiary/aromatic N) is 2. The molecular weight excluding hydrogens is 204 g/mol. The van der Waals surface area contributed by atoms with Crippen molar-refractivity contribution in [3.05, 3.63) is 18.2 Å². The van der Waals surface area contributed by atoms with Gasteiger partial charge in [0.15, 0.2) is 0 Å². The Morgan fingerprint density at radius 1 is 1.67 bits per heavy atom. The summed E-state index contributed by atoms with van der Waals surface area (Å²) in [6.45, 7) is 2.02. The van der Waals surface area contributed by atoms with Crippen molar-refractivity contribution in [3.8, 4) is 0 Å². The molecular formula is C9H13F2N3O. The van der Waals surface area contributed by atoms with Crippen LogP contribution in [0.3, 0.4) is 0 Å². The number of carbonyl (C=O) groups excluding carboxylic acids is 1. The standard InChI is InChI=1S/C9H13F2N3O/c1-6(9(2,10)11)13-8(15)7-4-12-5-14(7)3/h4-6H,1-3H3,(H,13,15)/t6-/m1/s1. The van der Waals surface area contributed by atoms with Gasteiger partial charge in [0.25, 0.3) is 11.8 Å². The Bertz CT molecular complexity index is 356. The molecule has 0 aliphatic rings. The number of amides is 1. The van der Waals surface area contributed by atoms with E-state index in [1.807, 2.05) is 0 Å². The van der Waals surface area contributed by atoms with Crippen LogP contribution in [0, 0.1) is 0 Å². The normalized spacial score (nSPS) is 13.7. The quantitative estimate of drug-likeness (QED) is 0.826. The maximum Gasteiger partial charge on any atom is 0.269 e. The Kier molecular flexibility index (Phi) is 3.06. The Morgan fingerprint density at radius 2 is 2.27 bits per heavy atom. The molecule has 0 aliphatic carbocycles. The summed E-state index contributed by atoms with van der Waals surface area (Å²) in [5, 5.41) is 2.21. The predicted octanol–water partition coefficient (Wildman–Crippen LogP) is 1.19. The molecule has 1 heterocycles. The molecule has 1 aromatic heterocycles. The van der Waals surface area contributed by atoms with Crippen molar-refractivity contribution in [1.82, 2.24) is 14.9 Å². The van der Waals surface area contributed by atoms with Crippen molar-refractivity contribution in [2.45, 2.75) is 25.8 Å². The number of rotatable bonds is 3.